The van der Waals surface area contributed by atoms with Gasteiger partial charge in [0.25, 0.3) is 0 Å². The molecule has 0 aliphatic rings. The number of hydrogen-bond acceptors (Lipinski definition) is 3. The summed E-state index contributed by atoms with van der Waals surface area (Å²) in [5.74, 6) is -0.403. The first kappa shape index (κ1) is 17.7. The second-order valence-corrected chi connectivity index (χ2v) is 6.20. The molecule has 0 aliphatic heterocycles. The Morgan fingerprint density at radius 1 is 1.22 bits per heavy atom. The minimum absolute atomic E-state index is 0.310. The van der Waals surface area contributed by atoms with Crippen molar-refractivity contribution in [3.05, 3.63) is 57.5 Å². The van der Waals surface area contributed by atoms with Crippen LogP contribution in [0.2, 0.25) is 5.02 Å². The molecule has 7 heteroatoms. The minimum Gasteiger partial charge on any atom is -0.462 e. The van der Waals surface area contributed by atoms with Crippen molar-refractivity contribution in [1.29, 1.82) is 0 Å². The van der Waals surface area contributed by atoms with Gasteiger partial charge in [-0.2, -0.15) is 0 Å². The van der Waals surface area contributed by atoms with E-state index in [1.165, 1.54) is 0 Å². The summed E-state index contributed by atoms with van der Waals surface area (Å²) in [7, 11) is 0. The number of esters is 1. The van der Waals surface area contributed by atoms with Gasteiger partial charge in [-0.1, -0.05) is 39.7 Å². The third-order valence-electron chi connectivity index (χ3n) is 2.85. The highest BCUT2D eigenvalue weighted by atomic mass is 79.9. The maximum atomic E-state index is 11.9. The largest absolute Gasteiger partial charge is 0.462 e. The molecule has 0 heterocycles. The number of ether oxygens (including phenoxy) is 1. The maximum absolute atomic E-state index is 11.9. The lowest BCUT2D eigenvalue weighted by molar-refractivity contribution is 0.0527. The van der Waals surface area contributed by atoms with E-state index in [4.69, 9.17) is 28.6 Å². The van der Waals surface area contributed by atoms with E-state index in [-0.39, 0.29) is 0 Å². The molecular weight excluding hydrogens is 400 g/mol. The molecule has 2 aromatic rings. The summed E-state index contributed by atoms with van der Waals surface area (Å²) in [6, 6.07) is 12.4. The molecule has 0 radical (unpaired) electrons. The van der Waals surface area contributed by atoms with Gasteiger partial charge in [-0.15, -0.1) is 0 Å². The van der Waals surface area contributed by atoms with E-state index >= 15 is 0 Å². The fourth-order valence-corrected chi connectivity index (χ4v) is 2.79. The van der Waals surface area contributed by atoms with Crippen LogP contribution in [0.15, 0.2) is 46.9 Å². The van der Waals surface area contributed by atoms with Crippen molar-refractivity contribution in [2.45, 2.75) is 6.92 Å². The van der Waals surface area contributed by atoms with Crippen molar-refractivity contribution in [2.24, 2.45) is 0 Å². The van der Waals surface area contributed by atoms with Crippen LogP contribution in [0.5, 0.6) is 0 Å². The number of anilines is 2. The van der Waals surface area contributed by atoms with Crippen LogP contribution < -0.4 is 10.6 Å². The first-order chi connectivity index (χ1) is 11.0. The minimum atomic E-state index is -0.403. The van der Waals surface area contributed by atoms with Crippen molar-refractivity contribution in [2.75, 3.05) is 17.2 Å². The highest BCUT2D eigenvalue weighted by molar-refractivity contribution is 9.10. The molecule has 0 amide bonds. The Bertz CT molecular complexity index is 740. The molecule has 0 bridgehead atoms. The van der Waals surface area contributed by atoms with Crippen LogP contribution in [-0.4, -0.2) is 17.7 Å². The number of nitrogens with one attached hydrogen (secondary N) is 2. The van der Waals surface area contributed by atoms with Gasteiger partial charge in [0.1, 0.15) is 0 Å². The zero-order chi connectivity index (χ0) is 16.8. The molecule has 2 N–H and O–H groups in total. The predicted molar refractivity (Wildman–Crippen MR) is 101 cm³/mol. The SMILES string of the molecule is CCOC(=O)c1ccccc1NC(=S)Nc1ccc(Br)cc1Cl. The zero-order valence-electron chi connectivity index (χ0n) is 12.2. The Morgan fingerprint density at radius 3 is 2.61 bits per heavy atom. The normalized spacial score (nSPS) is 10.0. The molecule has 0 atom stereocenters. The van der Waals surface area contributed by atoms with Gasteiger partial charge in [-0.25, -0.2) is 4.79 Å². The average Bonchev–Trinajstić information content (AvgIpc) is 2.51. The lowest BCUT2D eigenvalue weighted by Crippen LogP contribution is -2.21. The molecule has 4 nitrogen and oxygen atoms in total. The van der Waals surface area contributed by atoms with E-state index in [0.717, 1.165) is 4.47 Å². The fraction of sp³-hybridized carbons (Fsp3) is 0.125. The van der Waals surface area contributed by atoms with Crippen molar-refractivity contribution >= 4 is 62.2 Å². The standard InChI is InChI=1S/C16H14BrClN2O2S/c1-2-22-15(21)11-5-3-4-6-13(11)19-16(23)20-14-8-7-10(17)9-12(14)18/h3-9H,2H2,1H3,(H2,19,20,23). The van der Waals surface area contributed by atoms with Gasteiger partial charge in [0, 0.05) is 4.47 Å². The maximum Gasteiger partial charge on any atom is 0.340 e. The molecule has 0 aliphatic carbocycles. The molecule has 0 spiro atoms. The molecule has 0 saturated heterocycles. The van der Waals surface area contributed by atoms with Crippen LogP contribution in [-0.2, 0) is 4.74 Å². The highest BCUT2D eigenvalue weighted by Crippen LogP contribution is 2.26. The van der Waals surface area contributed by atoms with Gasteiger partial charge in [0.15, 0.2) is 5.11 Å². The van der Waals surface area contributed by atoms with E-state index in [1.54, 1.807) is 43.3 Å². The highest BCUT2D eigenvalue weighted by Gasteiger charge is 2.13. The van der Waals surface area contributed by atoms with Crippen LogP contribution in [0, 0.1) is 0 Å². The lowest BCUT2D eigenvalue weighted by Gasteiger charge is -2.14. The number of halogens is 2. The van der Waals surface area contributed by atoms with E-state index < -0.39 is 5.97 Å². The second-order valence-electron chi connectivity index (χ2n) is 4.47. The Morgan fingerprint density at radius 2 is 1.91 bits per heavy atom. The lowest BCUT2D eigenvalue weighted by atomic mass is 10.2. The van der Waals surface area contributed by atoms with Gasteiger partial charge >= 0.3 is 5.97 Å². The van der Waals surface area contributed by atoms with E-state index in [1.807, 2.05) is 6.07 Å². The van der Waals surface area contributed by atoms with Crippen molar-refractivity contribution < 1.29 is 9.53 Å². The molecule has 23 heavy (non-hydrogen) atoms. The summed E-state index contributed by atoms with van der Waals surface area (Å²) in [5.41, 5.74) is 1.65. The molecule has 0 aromatic heterocycles. The first-order valence-corrected chi connectivity index (χ1v) is 8.38. The van der Waals surface area contributed by atoms with Crippen LogP contribution in [0.4, 0.5) is 11.4 Å². The van der Waals surface area contributed by atoms with E-state index in [0.29, 0.717) is 33.7 Å². The molecular formula is C16H14BrClN2O2S. The van der Waals surface area contributed by atoms with Crippen LogP contribution >= 0.6 is 39.7 Å². The molecule has 0 fully saturated rings. The number of hydrogen-bond donors (Lipinski definition) is 2. The first-order valence-electron chi connectivity index (χ1n) is 6.80. The van der Waals surface area contributed by atoms with E-state index in [2.05, 4.69) is 26.6 Å². The Balaban J connectivity index is 2.13. The smallest absolute Gasteiger partial charge is 0.340 e. The summed E-state index contributed by atoms with van der Waals surface area (Å²) >= 11 is 14.8. The average molecular weight is 414 g/mol. The topological polar surface area (TPSA) is 50.4 Å². The monoisotopic (exact) mass is 412 g/mol. The molecule has 0 saturated carbocycles. The fourth-order valence-electron chi connectivity index (χ4n) is 1.85. The van der Waals surface area contributed by atoms with Crippen LogP contribution in [0.3, 0.4) is 0 Å². The van der Waals surface area contributed by atoms with Gasteiger partial charge in [0.05, 0.1) is 28.6 Å². The number of carbonyl (C=O) groups excluding carboxylic acids is 1. The summed E-state index contributed by atoms with van der Waals surface area (Å²) in [6.45, 7) is 2.07. The molecule has 2 rings (SSSR count). The van der Waals surface area contributed by atoms with Crippen molar-refractivity contribution in [3.63, 3.8) is 0 Å². The third-order valence-corrected chi connectivity index (χ3v) is 3.86. The molecule has 0 unspecified atom stereocenters. The van der Waals surface area contributed by atoms with Gasteiger partial charge < -0.3 is 15.4 Å². The quantitative estimate of drug-likeness (QED) is 0.540. The zero-order valence-corrected chi connectivity index (χ0v) is 15.4. The molecule has 2 aromatic carbocycles. The van der Waals surface area contributed by atoms with Gasteiger partial charge in [0.2, 0.25) is 0 Å². The summed E-state index contributed by atoms with van der Waals surface area (Å²) < 4.78 is 5.91. The summed E-state index contributed by atoms with van der Waals surface area (Å²) in [6.07, 6.45) is 0. The summed E-state index contributed by atoms with van der Waals surface area (Å²) in [5, 5.41) is 6.84. The predicted octanol–water partition coefficient (Wildman–Crippen LogP) is 5.09. The van der Waals surface area contributed by atoms with E-state index in [9.17, 15) is 4.79 Å². The van der Waals surface area contributed by atoms with Crippen molar-refractivity contribution in [1.82, 2.24) is 0 Å². The number of para-hydroxylation sites is 1. The van der Waals surface area contributed by atoms with Crippen LogP contribution in [0.25, 0.3) is 0 Å². The Kier molecular flexibility index (Phi) is 6.38. The Labute approximate surface area is 153 Å². The number of thiocarbonyl (C=S) groups is 1. The number of rotatable bonds is 4. The van der Waals surface area contributed by atoms with Crippen molar-refractivity contribution in [3.8, 4) is 0 Å². The van der Waals surface area contributed by atoms with Crippen LogP contribution in [0.1, 0.15) is 17.3 Å². The Hall–Kier alpha value is -1.63. The summed E-state index contributed by atoms with van der Waals surface area (Å²) in [4.78, 5) is 11.9. The third kappa shape index (κ3) is 4.92. The van der Waals surface area contributed by atoms with Gasteiger partial charge in [-0.05, 0) is 49.5 Å². The number of benzene rings is 2. The second kappa shape index (κ2) is 8.29. The van der Waals surface area contributed by atoms with Gasteiger partial charge in [-0.3, -0.25) is 0 Å². The molecule has 120 valence electrons. The number of carbonyl (C=O) groups is 1.